The van der Waals surface area contributed by atoms with E-state index in [9.17, 15) is 4.79 Å². The molecule has 0 bridgehead atoms. The number of carbonyl (C=O) groups is 1. The highest BCUT2D eigenvalue weighted by Gasteiger charge is 2.20. The second kappa shape index (κ2) is 6.43. The molecule has 0 saturated heterocycles. The van der Waals surface area contributed by atoms with Gasteiger partial charge in [0.25, 0.3) is 5.91 Å². The average Bonchev–Trinajstić information content (AvgIpc) is 2.92. The number of nitrogens with two attached hydrogens (primary N) is 1. The van der Waals surface area contributed by atoms with Gasteiger partial charge in [-0.15, -0.1) is 11.3 Å². The molecule has 5 heteroatoms. The standard InChI is InChI=1S/C15H18N2O2S/c1-3-17(10-11-5-4-6-12(16)9-11)15(18)14-13(19-2)7-8-20-14/h4-9H,3,10,16H2,1-2H3. The minimum absolute atomic E-state index is 0.0122. The molecule has 1 aromatic heterocycles. The van der Waals surface area contributed by atoms with E-state index < -0.39 is 0 Å². The van der Waals surface area contributed by atoms with Gasteiger partial charge >= 0.3 is 0 Å². The molecule has 4 nitrogen and oxygen atoms in total. The van der Waals surface area contributed by atoms with Crippen LogP contribution in [0.3, 0.4) is 0 Å². The fourth-order valence-corrected chi connectivity index (χ4v) is 2.82. The molecule has 20 heavy (non-hydrogen) atoms. The Hall–Kier alpha value is -2.01. The normalized spacial score (nSPS) is 10.3. The lowest BCUT2D eigenvalue weighted by Crippen LogP contribution is -2.30. The van der Waals surface area contributed by atoms with E-state index in [-0.39, 0.29) is 5.91 Å². The minimum atomic E-state index is -0.0122. The second-order valence-corrected chi connectivity index (χ2v) is 5.30. The summed E-state index contributed by atoms with van der Waals surface area (Å²) in [6.45, 7) is 3.14. The molecule has 0 atom stereocenters. The zero-order valence-electron chi connectivity index (χ0n) is 11.6. The average molecular weight is 290 g/mol. The second-order valence-electron chi connectivity index (χ2n) is 4.38. The van der Waals surface area contributed by atoms with Gasteiger partial charge in [0, 0.05) is 18.8 Å². The van der Waals surface area contributed by atoms with Crippen molar-refractivity contribution < 1.29 is 9.53 Å². The monoisotopic (exact) mass is 290 g/mol. The summed E-state index contributed by atoms with van der Waals surface area (Å²) in [5, 5.41) is 1.86. The summed E-state index contributed by atoms with van der Waals surface area (Å²) in [5.41, 5.74) is 7.50. The maximum Gasteiger partial charge on any atom is 0.268 e. The summed E-state index contributed by atoms with van der Waals surface area (Å²) in [4.78, 5) is 14.9. The molecular formula is C15H18N2O2S. The smallest absolute Gasteiger partial charge is 0.268 e. The summed E-state index contributed by atoms with van der Waals surface area (Å²) < 4.78 is 5.21. The minimum Gasteiger partial charge on any atom is -0.495 e. The van der Waals surface area contributed by atoms with Gasteiger partial charge in [0.1, 0.15) is 10.6 Å². The van der Waals surface area contributed by atoms with Crippen LogP contribution < -0.4 is 10.5 Å². The number of amides is 1. The van der Waals surface area contributed by atoms with Gasteiger partial charge < -0.3 is 15.4 Å². The van der Waals surface area contributed by atoms with Crippen LogP contribution in [0.4, 0.5) is 5.69 Å². The van der Waals surface area contributed by atoms with E-state index in [4.69, 9.17) is 10.5 Å². The molecule has 0 spiro atoms. The molecule has 0 fully saturated rings. The Morgan fingerprint density at radius 3 is 2.85 bits per heavy atom. The van der Waals surface area contributed by atoms with Crippen LogP contribution in [-0.4, -0.2) is 24.5 Å². The summed E-state index contributed by atoms with van der Waals surface area (Å²) in [6, 6.07) is 9.41. The van der Waals surface area contributed by atoms with Crippen molar-refractivity contribution in [2.45, 2.75) is 13.5 Å². The number of methoxy groups -OCH3 is 1. The van der Waals surface area contributed by atoms with Gasteiger partial charge in [-0.25, -0.2) is 0 Å². The lowest BCUT2D eigenvalue weighted by Gasteiger charge is -2.21. The molecule has 2 N–H and O–H groups in total. The molecule has 0 radical (unpaired) electrons. The molecule has 0 unspecified atom stereocenters. The fourth-order valence-electron chi connectivity index (χ4n) is 2.00. The van der Waals surface area contributed by atoms with Crippen LogP contribution in [0.25, 0.3) is 0 Å². The Balaban J connectivity index is 2.18. The van der Waals surface area contributed by atoms with Gasteiger partial charge in [-0.05, 0) is 36.1 Å². The van der Waals surface area contributed by atoms with Crippen molar-refractivity contribution in [1.82, 2.24) is 4.90 Å². The van der Waals surface area contributed by atoms with Crippen molar-refractivity contribution in [3.8, 4) is 5.75 Å². The maximum absolute atomic E-state index is 12.5. The van der Waals surface area contributed by atoms with E-state index in [1.54, 1.807) is 12.0 Å². The van der Waals surface area contributed by atoms with Crippen molar-refractivity contribution in [3.63, 3.8) is 0 Å². The third-order valence-corrected chi connectivity index (χ3v) is 3.92. The fraction of sp³-hybridized carbons (Fsp3) is 0.267. The number of carbonyl (C=O) groups excluding carboxylic acids is 1. The quantitative estimate of drug-likeness (QED) is 0.861. The lowest BCUT2D eigenvalue weighted by molar-refractivity contribution is 0.0754. The van der Waals surface area contributed by atoms with Gasteiger partial charge in [-0.3, -0.25) is 4.79 Å². The molecule has 1 heterocycles. The van der Waals surface area contributed by atoms with Crippen LogP contribution in [0.1, 0.15) is 22.2 Å². The van der Waals surface area contributed by atoms with Crippen molar-refractivity contribution in [2.75, 3.05) is 19.4 Å². The Labute approximate surface area is 122 Å². The highest BCUT2D eigenvalue weighted by atomic mass is 32.1. The van der Waals surface area contributed by atoms with E-state index in [2.05, 4.69) is 0 Å². The van der Waals surface area contributed by atoms with Gasteiger partial charge in [0.15, 0.2) is 0 Å². The van der Waals surface area contributed by atoms with E-state index in [1.165, 1.54) is 11.3 Å². The van der Waals surface area contributed by atoms with Crippen LogP contribution >= 0.6 is 11.3 Å². The van der Waals surface area contributed by atoms with Crippen molar-refractivity contribution in [3.05, 3.63) is 46.2 Å². The van der Waals surface area contributed by atoms with Crippen molar-refractivity contribution in [2.24, 2.45) is 0 Å². The zero-order valence-corrected chi connectivity index (χ0v) is 12.4. The van der Waals surface area contributed by atoms with Crippen LogP contribution in [0.5, 0.6) is 5.75 Å². The third-order valence-electron chi connectivity index (χ3n) is 3.04. The Morgan fingerprint density at radius 1 is 1.40 bits per heavy atom. The lowest BCUT2D eigenvalue weighted by atomic mass is 10.2. The van der Waals surface area contributed by atoms with Crippen molar-refractivity contribution in [1.29, 1.82) is 0 Å². The number of ether oxygens (including phenoxy) is 1. The molecule has 0 aliphatic heterocycles. The Bertz CT molecular complexity index is 595. The predicted molar refractivity (Wildman–Crippen MR) is 82.1 cm³/mol. The first kappa shape index (κ1) is 14.4. The number of nitrogen functional groups attached to an aromatic ring is 1. The van der Waals surface area contributed by atoms with Crippen LogP contribution in [0.2, 0.25) is 0 Å². The molecule has 0 aliphatic rings. The molecule has 0 saturated carbocycles. The maximum atomic E-state index is 12.5. The van der Waals surface area contributed by atoms with E-state index >= 15 is 0 Å². The molecule has 1 amide bonds. The summed E-state index contributed by atoms with van der Waals surface area (Å²) in [7, 11) is 1.58. The Kier molecular flexibility index (Phi) is 4.63. The number of thiophene rings is 1. The highest BCUT2D eigenvalue weighted by molar-refractivity contribution is 7.12. The highest BCUT2D eigenvalue weighted by Crippen LogP contribution is 2.26. The topological polar surface area (TPSA) is 55.6 Å². The molecule has 2 aromatic rings. The molecule has 2 rings (SSSR count). The first-order chi connectivity index (χ1) is 9.65. The number of hydrogen-bond acceptors (Lipinski definition) is 4. The number of benzene rings is 1. The first-order valence-electron chi connectivity index (χ1n) is 6.41. The van der Waals surface area contributed by atoms with Gasteiger partial charge in [0.05, 0.1) is 7.11 Å². The van der Waals surface area contributed by atoms with Crippen LogP contribution in [0.15, 0.2) is 35.7 Å². The predicted octanol–water partition coefficient (Wildman–Crippen LogP) is 3.00. The number of rotatable bonds is 5. The molecule has 0 aliphatic carbocycles. The van der Waals surface area contributed by atoms with Crippen molar-refractivity contribution >= 4 is 22.9 Å². The Morgan fingerprint density at radius 2 is 2.20 bits per heavy atom. The van der Waals surface area contributed by atoms with E-state index in [1.807, 2.05) is 42.6 Å². The summed E-state index contributed by atoms with van der Waals surface area (Å²) in [5.74, 6) is 0.618. The molecule has 106 valence electrons. The number of nitrogens with zero attached hydrogens (tertiary/aromatic N) is 1. The van der Waals surface area contributed by atoms with Gasteiger partial charge in [-0.2, -0.15) is 0 Å². The number of anilines is 1. The molecular weight excluding hydrogens is 272 g/mol. The van der Waals surface area contributed by atoms with Crippen LogP contribution in [-0.2, 0) is 6.54 Å². The zero-order chi connectivity index (χ0) is 14.5. The van der Waals surface area contributed by atoms with Crippen LogP contribution in [0, 0.1) is 0 Å². The largest absolute Gasteiger partial charge is 0.495 e. The summed E-state index contributed by atoms with van der Waals surface area (Å²) in [6.07, 6.45) is 0. The van der Waals surface area contributed by atoms with Gasteiger partial charge in [-0.1, -0.05) is 12.1 Å². The summed E-state index contributed by atoms with van der Waals surface area (Å²) >= 11 is 1.40. The van der Waals surface area contributed by atoms with E-state index in [0.29, 0.717) is 29.4 Å². The SMILES string of the molecule is CCN(Cc1cccc(N)c1)C(=O)c1sccc1OC. The van der Waals surface area contributed by atoms with E-state index in [0.717, 1.165) is 5.56 Å². The number of hydrogen-bond donors (Lipinski definition) is 1. The first-order valence-corrected chi connectivity index (χ1v) is 7.28. The molecule has 1 aromatic carbocycles. The van der Waals surface area contributed by atoms with Gasteiger partial charge in [0.2, 0.25) is 0 Å². The third kappa shape index (κ3) is 3.11.